The summed E-state index contributed by atoms with van der Waals surface area (Å²) in [4.78, 5) is 7.50. The Labute approximate surface area is 112 Å². The molecule has 0 saturated heterocycles. The molecule has 1 atom stereocenters. The van der Waals surface area contributed by atoms with Gasteiger partial charge in [0, 0.05) is 18.0 Å². The maximum Gasteiger partial charge on any atom is 0.419 e. The Morgan fingerprint density at radius 3 is 2.35 bits per heavy atom. The number of alkyl halides is 3. The first kappa shape index (κ1) is 12.8. The number of nitrogens with zero attached hydrogens (tertiary/aromatic N) is 2. The Bertz CT molecular complexity index is 678. The van der Waals surface area contributed by atoms with Crippen molar-refractivity contribution in [3.05, 3.63) is 65.2 Å². The number of aliphatic hydroxyl groups is 1. The van der Waals surface area contributed by atoms with Crippen LogP contribution in [0.1, 0.15) is 28.6 Å². The number of aliphatic hydroxyl groups excluding tert-OH is 1. The molecule has 0 radical (unpaired) electrons. The van der Waals surface area contributed by atoms with Crippen LogP contribution in [0.3, 0.4) is 0 Å². The van der Waals surface area contributed by atoms with Gasteiger partial charge in [-0.05, 0) is 17.2 Å². The highest BCUT2D eigenvalue weighted by atomic mass is 19.4. The second kappa shape index (κ2) is 4.42. The molecule has 3 nitrogen and oxygen atoms in total. The Hall–Kier alpha value is -2.21. The van der Waals surface area contributed by atoms with Crippen molar-refractivity contribution < 1.29 is 18.3 Å². The predicted octanol–water partition coefficient (Wildman–Crippen LogP) is 2.97. The lowest BCUT2D eigenvalue weighted by molar-refractivity contribution is -0.138. The third-order valence-corrected chi connectivity index (χ3v) is 3.11. The standard InChI is InChI=1S/C14H9F3N2O/c15-14(16,17)8-6-18-13(19-7-8)11-5-12(20)10-4-2-1-3-9(10)11/h1-7,12,20H. The zero-order chi connectivity index (χ0) is 14.3. The second-order valence-corrected chi connectivity index (χ2v) is 4.41. The van der Waals surface area contributed by atoms with Crippen LogP contribution in [-0.2, 0) is 6.18 Å². The lowest BCUT2D eigenvalue weighted by atomic mass is 10.0. The van der Waals surface area contributed by atoms with Gasteiger partial charge in [-0.1, -0.05) is 24.3 Å². The Kier molecular flexibility index (Phi) is 2.83. The van der Waals surface area contributed by atoms with Crippen molar-refractivity contribution in [3.8, 4) is 0 Å². The molecule has 1 aliphatic carbocycles. The summed E-state index contributed by atoms with van der Waals surface area (Å²) >= 11 is 0. The van der Waals surface area contributed by atoms with Gasteiger partial charge in [-0.3, -0.25) is 0 Å². The number of aromatic nitrogens is 2. The molecular weight excluding hydrogens is 269 g/mol. The minimum atomic E-state index is -4.46. The molecule has 6 heteroatoms. The lowest BCUT2D eigenvalue weighted by Crippen LogP contribution is -2.07. The van der Waals surface area contributed by atoms with Crippen molar-refractivity contribution in [3.63, 3.8) is 0 Å². The van der Waals surface area contributed by atoms with Gasteiger partial charge in [0.1, 0.15) is 0 Å². The van der Waals surface area contributed by atoms with E-state index in [9.17, 15) is 18.3 Å². The van der Waals surface area contributed by atoms with Crippen LogP contribution in [0.15, 0.2) is 42.7 Å². The van der Waals surface area contributed by atoms with Crippen LogP contribution < -0.4 is 0 Å². The fourth-order valence-corrected chi connectivity index (χ4v) is 2.15. The van der Waals surface area contributed by atoms with E-state index in [0.29, 0.717) is 11.1 Å². The molecule has 0 amide bonds. The molecule has 2 aromatic rings. The monoisotopic (exact) mass is 278 g/mol. The maximum atomic E-state index is 12.5. The molecule has 20 heavy (non-hydrogen) atoms. The van der Waals surface area contributed by atoms with Crippen molar-refractivity contribution in [2.45, 2.75) is 12.3 Å². The van der Waals surface area contributed by atoms with E-state index in [0.717, 1.165) is 18.0 Å². The van der Waals surface area contributed by atoms with Crippen LogP contribution >= 0.6 is 0 Å². The first-order valence-corrected chi connectivity index (χ1v) is 5.85. The minimum absolute atomic E-state index is 0.169. The predicted molar refractivity (Wildman–Crippen MR) is 65.5 cm³/mol. The fourth-order valence-electron chi connectivity index (χ4n) is 2.15. The quantitative estimate of drug-likeness (QED) is 0.872. The number of fused-ring (bicyclic) bond motifs is 1. The highest BCUT2D eigenvalue weighted by molar-refractivity contribution is 5.82. The molecule has 0 bridgehead atoms. The molecule has 0 saturated carbocycles. The van der Waals surface area contributed by atoms with Crippen LogP contribution in [0.4, 0.5) is 13.2 Å². The van der Waals surface area contributed by atoms with Gasteiger partial charge in [0.25, 0.3) is 0 Å². The molecule has 1 unspecified atom stereocenters. The number of halogens is 3. The van der Waals surface area contributed by atoms with Gasteiger partial charge in [0.15, 0.2) is 5.82 Å². The lowest BCUT2D eigenvalue weighted by Gasteiger charge is -2.07. The van der Waals surface area contributed by atoms with E-state index in [2.05, 4.69) is 9.97 Å². The molecule has 1 heterocycles. The van der Waals surface area contributed by atoms with E-state index in [1.54, 1.807) is 24.3 Å². The summed E-state index contributed by atoms with van der Waals surface area (Å²) in [6.07, 6.45) is -2.22. The van der Waals surface area contributed by atoms with Crippen LogP contribution in [0.25, 0.3) is 5.57 Å². The number of hydrogen-bond donors (Lipinski definition) is 1. The Balaban J connectivity index is 2.01. The molecule has 0 aliphatic heterocycles. The van der Waals surface area contributed by atoms with E-state index < -0.39 is 17.8 Å². The molecule has 0 spiro atoms. The number of rotatable bonds is 1. The third-order valence-electron chi connectivity index (χ3n) is 3.11. The fraction of sp³-hybridized carbons (Fsp3) is 0.143. The third kappa shape index (κ3) is 2.08. The van der Waals surface area contributed by atoms with Crippen molar-refractivity contribution in [1.82, 2.24) is 9.97 Å². The van der Waals surface area contributed by atoms with Gasteiger partial charge in [0.05, 0.1) is 11.7 Å². The van der Waals surface area contributed by atoms with E-state index in [-0.39, 0.29) is 5.82 Å². The Morgan fingerprint density at radius 2 is 1.70 bits per heavy atom. The van der Waals surface area contributed by atoms with E-state index in [4.69, 9.17) is 0 Å². The molecular formula is C14H9F3N2O. The van der Waals surface area contributed by atoms with Gasteiger partial charge >= 0.3 is 6.18 Å². The van der Waals surface area contributed by atoms with E-state index in [1.807, 2.05) is 0 Å². The maximum absolute atomic E-state index is 12.5. The summed E-state index contributed by atoms with van der Waals surface area (Å²) in [5, 5.41) is 9.88. The van der Waals surface area contributed by atoms with Crippen LogP contribution in [-0.4, -0.2) is 15.1 Å². The summed E-state index contributed by atoms with van der Waals surface area (Å²) < 4.78 is 37.4. The SMILES string of the molecule is OC1C=C(c2ncc(C(F)(F)F)cn2)c2ccccc21. The number of benzene rings is 1. The summed E-state index contributed by atoms with van der Waals surface area (Å²) in [6, 6.07) is 7.10. The molecule has 3 rings (SSSR count). The largest absolute Gasteiger partial charge is 0.419 e. The molecule has 0 fully saturated rings. The van der Waals surface area contributed by atoms with Gasteiger partial charge < -0.3 is 5.11 Å². The van der Waals surface area contributed by atoms with Crippen molar-refractivity contribution in [1.29, 1.82) is 0 Å². The highest BCUT2D eigenvalue weighted by Gasteiger charge is 2.32. The highest BCUT2D eigenvalue weighted by Crippen LogP contribution is 2.37. The average molecular weight is 278 g/mol. The summed E-state index contributed by atoms with van der Waals surface area (Å²) in [7, 11) is 0. The number of hydrogen-bond acceptors (Lipinski definition) is 3. The van der Waals surface area contributed by atoms with Crippen LogP contribution in [0.2, 0.25) is 0 Å². The van der Waals surface area contributed by atoms with Gasteiger partial charge in [0.2, 0.25) is 0 Å². The summed E-state index contributed by atoms with van der Waals surface area (Å²) in [5.74, 6) is 0.169. The molecule has 1 aromatic heterocycles. The first-order chi connectivity index (χ1) is 9.47. The van der Waals surface area contributed by atoms with Crippen molar-refractivity contribution in [2.24, 2.45) is 0 Å². The second-order valence-electron chi connectivity index (χ2n) is 4.41. The normalized spacial score (nSPS) is 17.8. The smallest absolute Gasteiger partial charge is 0.384 e. The van der Waals surface area contributed by atoms with Gasteiger partial charge in [-0.2, -0.15) is 13.2 Å². The zero-order valence-electron chi connectivity index (χ0n) is 10.1. The Morgan fingerprint density at radius 1 is 1.05 bits per heavy atom. The molecule has 102 valence electrons. The summed E-state index contributed by atoms with van der Waals surface area (Å²) in [6.45, 7) is 0. The van der Waals surface area contributed by atoms with Crippen LogP contribution in [0.5, 0.6) is 0 Å². The molecule has 1 aliphatic rings. The topological polar surface area (TPSA) is 46.0 Å². The van der Waals surface area contributed by atoms with E-state index in [1.165, 1.54) is 6.08 Å². The van der Waals surface area contributed by atoms with E-state index >= 15 is 0 Å². The van der Waals surface area contributed by atoms with Crippen LogP contribution in [0, 0.1) is 0 Å². The summed E-state index contributed by atoms with van der Waals surface area (Å²) in [5.41, 5.74) is 1.08. The van der Waals surface area contributed by atoms with Crippen molar-refractivity contribution >= 4 is 5.57 Å². The van der Waals surface area contributed by atoms with Gasteiger partial charge in [-0.25, -0.2) is 9.97 Å². The molecule has 1 N–H and O–H groups in total. The average Bonchev–Trinajstić information content (AvgIpc) is 2.76. The molecule has 1 aromatic carbocycles. The van der Waals surface area contributed by atoms with Gasteiger partial charge in [-0.15, -0.1) is 0 Å². The zero-order valence-corrected chi connectivity index (χ0v) is 10.1. The minimum Gasteiger partial charge on any atom is -0.384 e. The first-order valence-electron chi connectivity index (χ1n) is 5.85. The van der Waals surface area contributed by atoms with Crippen molar-refractivity contribution in [2.75, 3.05) is 0 Å².